The number of aryl methyl sites for hydroxylation is 1. The molecule has 1 aliphatic heterocycles. The van der Waals surface area contributed by atoms with E-state index in [1.165, 1.54) is 5.56 Å². The summed E-state index contributed by atoms with van der Waals surface area (Å²) in [4.78, 5) is 26.8. The highest BCUT2D eigenvalue weighted by molar-refractivity contribution is 6.07. The minimum atomic E-state index is 0.00291. The molecule has 0 bridgehead atoms. The molecule has 6 heteroatoms. The molecule has 0 spiro atoms. The number of nitriles is 1. The first-order valence-electron chi connectivity index (χ1n) is 11.0. The SMILES string of the molecule is Cc1ccc(-c2cc(C(=O)N3CCN(c4ncccc4C#N)CC3)c3ccccc3n2)cc1. The lowest BCUT2D eigenvalue weighted by Gasteiger charge is -2.36. The number of hydrogen-bond acceptors (Lipinski definition) is 5. The summed E-state index contributed by atoms with van der Waals surface area (Å²) < 4.78 is 0. The average molecular weight is 434 g/mol. The molecule has 1 amide bonds. The first kappa shape index (κ1) is 20.7. The number of rotatable bonds is 3. The first-order valence-corrected chi connectivity index (χ1v) is 11.0. The summed E-state index contributed by atoms with van der Waals surface area (Å²) in [5, 5.41) is 10.2. The molecular weight excluding hydrogens is 410 g/mol. The van der Waals surface area contributed by atoms with Crippen molar-refractivity contribution in [3.63, 3.8) is 0 Å². The van der Waals surface area contributed by atoms with Crippen LogP contribution < -0.4 is 4.90 Å². The number of aromatic nitrogens is 2. The Morgan fingerprint density at radius 1 is 0.970 bits per heavy atom. The second-order valence-electron chi connectivity index (χ2n) is 8.20. The molecule has 0 aliphatic carbocycles. The van der Waals surface area contributed by atoms with Gasteiger partial charge in [0.2, 0.25) is 0 Å². The average Bonchev–Trinajstić information content (AvgIpc) is 2.88. The predicted octanol–water partition coefficient (Wildman–Crippen LogP) is 4.44. The minimum Gasteiger partial charge on any atom is -0.352 e. The van der Waals surface area contributed by atoms with Crippen LogP contribution in [0.2, 0.25) is 0 Å². The Morgan fingerprint density at radius 3 is 2.48 bits per heavy atom. The van der Waals surface area contributed by atoms with Crippen molar-refractivity contribution in [3.8, 4) is 17.3 Å². The molecule has 162 valence electrons. The molecule has 2 aromatic heterocycles. The Labute approximate surface area is 192 Å². The maximum Gasteiger partial charge on any atom is 0.254 e. The van der Waals surface area contributed by atoms with E-state index in [-0.39, 0.29) is 5.91 Å². The van der Waals surface area contributed by atoms with Crippen molar-refractivity contribution in [2.45, 2.75) is 6.92 Å². The van der Waals surface area contributed by atoms with E-state index in [1.807, 2.05) is 47.4 Å². The number of carbonyl (C=O) groups excluding carboxylic acids is 1. The zero-order valence-electron chi connectivity index (χ0n) is 18.4. The molecule has 1 saturated heterocycles. The molecule has 5 rings (SSSR count). The van der Waals surface area contributed by atoms with E-state index in [0.29, 0.717) is 43.1 Å². The number of fused-ring (bicyclic) bond motifs is 1. The zero-order valence-corrected chi connectivity index (χ0v) is 18.4. The van der Waals surface area contributed by atoms with Gasteiger partial charge in [-0.3, -0.25) is 4.79 Å². The maximum absolute atomic E-state index is 13.6. The highest BCUT2D eigenvalue weighted by Gasteiger charge is 2.26. The van der Waals surface area contributed by atoms with Crippen molar-refractivity contribution in [1.29, 1.82) is 5.26 Å². The predicted molar refractivity (Wildman–Crippen MR) is 129 cm³/mol. The minimum absolute atomic E-state index is 0.00291. The van der Waals surface area contributed by atoms with E-state index in [9.17, 15) is 10.1 Å². The molecule has 0 saturated carbocycles. The van der Waals surface area contributed by atoms with Crippen molar-refractivity contribution < 1.29 is 4.79 Å². The van der Waals surface area contributed by atoms with Crippen molar-refractivity contribution in [2.75, 3.05) is 31.1 Å². The number of piperazine rings is 1. The summed E-state index contributed by atoms with van der Waals surface area (Å²) in [5.74, 6) is 0.686. The second kappa shape index (κ2) is 8.71. The molecule has 3 heterocycles. The number of nitrogens with zero attached hydrogens (tertiary/aromatic N) is 5. The summed E-state index contributed by atoms with van der Waals surface area (Å²) in [6.45, 7) is 4.45. The smallest absolute Gasteiger partial charge is 0.254 e. The third kappa shape index (κ3) is 4.01. The van der Waals surface area contributed by atoms with Crippen LogP contribution in [0.15, 0.2) is 72.9 Å². The molecule has 1 fully saturated rings. The van der Waals surface area contributed by atoms with E-state index >= 15 is 0 Å². The van der Waals surface area contributed by atoms with Crippen LogP contribution in [0.3, 0.4) is 0 Å². The molecule has 0 radical (unpaired) electrons. The standard InChI is InChI=1S/C27H23N5O/c1-19-8-10-20(11-9-19)25-17-23(22-6-2-3-7-24(22)30-25)27(33)32-15-13-31(14-16-32)26-21(18-28)5-4-12-29-26/h2-12,17H,13-16H2,1H3. The fourth-order valence-corrected chi connectivity index (χ4v) is 4.25. The van der Waals surface area contributed by atoms with Crippen molar-refractivity contribution in [1.82, 2.24) is 14.9 Å². The second-order valence-corrected chi connectivity index (χ2v) is 8.20. The monoisotopic (exact) mass is 433 g/mol. The van der Waals surface area contributed by atoms with E-state index in [4.69, 9.17) is 4.98 Å². The van der Waals surface area contributed by atoms with Crippen molar-refractivity contribution in [3.05, 3.63) is 89.6 Å². The molecule has 0 unspecified atom stereocenters. The van der Waals surface area contributed by atoms with Crippen LogP contribution in [0.4, 0.5) is 5.82 Å². The number of carbonyl (C=O) groups is 1. The molecule has 2 aromatic carbocycles. The summed E-state index contributed by atoms with van der Waals surface area (Å²) in [7, 11) is 0. The Hall–Kier alpha value is -4.24. The first-order chi connectivity index (χ1) is 16.1. The van der Waals surface area contributed by atoms with Crippen LogP contribution >= 0.6 is 0 Å². The lowest BCUT2D eigenvalue weighted by atomic mass is 10.0. The summed E-state index contributed by atoms with van der Waals surface area (Å²) in [6, 6.07) is 23.6. The van der Waals surface area contributed by atoms with Gasteiger partial charge in [-0.25, -0.2) is 9.97 Å². The lowest BCUT2D eigenvalue weighted by molar-refractivity contribution is 0.0748. The van der Waals surface area contributed by atoms with Gasteiger partial charge in [0, 0.05) is 43.3 Å². The van der Waals surface area contributed by atoms with Gasteiger partial charge in [0.05, 0.1) is 22.3 Å². The van der Waals surface area contributed by atoms with Crippen LogP contribution in [0, 0.1) is 18.3 Å². The van der Waals surface area contributed by atoms with Gasteiger partial charge >= 0.3 is 0 Å². The van der Waals surface area contributed by atoms with E-state index in [0.717, 1.165) is 22.2 Å². The molecule has 33 heavy (non-hydrogen) atoms. The van der Waals surface area contributed by atoms with Gasteiger partial charge in [-0.15, -0.1) is 0 Å². The van der Waals surface area contributed by atoms with E-state index in [1.54, 1.807) is 18.3 Å². The Kier molecular flexibility index (Phi) is 5.45. The number of hydrogen-bond donors (Lipinski definition) is 0. The zero-order chi connectivity index (χ0) is 22.8. The summed E-state index contributed by atoms with van der Waals surface area (Å²) in [5.41, 5.74) is 5.00. The van der Waals surface area contributed by atoms with Crippen LogP contribution in [-0.2, 0) is 0 Å². The highest BCUT2D eigenvalue weighted by Crippen LogP contribution is 2.27. The Bertz CT molecular complexity index is 1370. The fraction of sp³-hybridized carbons (Fsp3) is 0.185. The van der Waals surface area contributed by atoms with Gasteiger partial charge in [-0.1, -0.05) is 48.0 Å². The Morgan fingerprint density at radius 2 is 1.73 bits per heavy atom. The number of pyridine rings is 2. The van der Waals surface area contributed by atoms with Gasteiger partial charge in [0.1, 0.15) is 11.9 Å². The number of anilines is 1. The quantitative estimate of drug-likeness (QED) is 0.478. The summed E-state index contributed by atoms with van der Waals surface area (Å²) in [6.07, 6.45) is 1.70. The molecular formula is C27H23N5O. The van der Waals surface area contributed by atoms with E-state index < -0.39 is 0 Å². The normalized spacial score (nSPS) is 13.7. The van der Waals surface area contributed by atoms with Gasteiger partial charge in [0.25, 0.3) is 5.91 Å². The van der Waals surface area contributed by atoms with Crippen LogP contribution in [-0.4, -0.2) is 47.0 Å². The van der Waals surface area contributed by atoms with Crippen LogP contribution in [0.25, 0.3) is 22.2 Å². The van der Waals surface area contributed by atoms with Gasteiger partial charge in [-0.05, 0) is 31.2 Å². The van der Waals surface area contributed by atoms with Gasteiger partial charge < -0.3 is 9.80 Å². The Balaban J connectivity index is 1.44. The molecule has 0 atom stereocenters. The molecule has 0 N–H and O–H groups in total. The third-order valence-corrected chi connectivity index (χ3v) is 6.07. The van der Waals surface area contributed by atoms with Gasteiger partial charge in [-0.2, -0.15) is 5.26 Å². The number of benzene rings is 2. The number of para-hydroxylation sites is 1. The molecule has 1 aliphatic rings. The van der Waals surface area contributed by atoms with Crippen LogP contribution in [0.5, 0.6) is 0 Å². The van der Waals surface area contributed by atoms with Crippen LogP contribution in [0.1, 0.15) is 21.5 Å². The van der Waals surface area contributed by atoms with Crippen molar-refractivity contribution >= 4 is 22.6 Å². The fourth-order valence-electron chi connectivity index (χ4n) is 4.25. The summed E-state index contributed by atoms with van der Waals surface area (Å²) >= 11 is 0. The number of amides is 1. The largest absolute Gasteiger partial charge is 0.352 e. The highest BCUT2D eigenvalue weighted by atomic mass is 16.2. The van der Waals surface area contributed by atoms with Crippen molar-refractivity contribution in [2.24, 2.45) is 0 Å². The van der Waals surface area contributed by atoms with Gasteiger partial charge in [0.15, 0.2) is 0 Å². The molecule has 4 aromatic rings. The van der Waals surface area contributed by atoms with E-state index in [2.05, 4.69) is 35.0 Å². The topological polar surface area (TPSA) is 73.1 Å². The third-order valence-electron chi connectivity index (χ3n) is 6.07. The lowest BCUT2D eigenvalue weighted by Crippen LogP contribution is -2.49. The molecule has 6 nitrogen and oxygen atoms in total. The maximum atomic E-state index is 13.6.